The predicted octanol–water partition coefficient (Wildman–Crippen LogP) is 5.95. The van der Waals surface area contributed by atoms with Crippen LogP contribution in [0.25, 0.3) is 10.9 Å². The lowest BCUT2D eigenvalue weighted by atomic mass is 9.68. The summed E-state index contributed by atoms with van der Waals surface area (Å²) in [6.07, 6.45) is 6.77. The number of ketones is 1. The Morgan fingerprint density at radius 1 is 1.06 bits per heavy atom. The number of hydrogen-bond donors (Lipinski definition) is 3. The third-order valence-electron chi connectivity index (χ3n) is 8.09. The third kappa shape index (κ3) is 6.25. The van der Waals surface area contributed by atoms with Gasteiger partial charge in [-0.25, -0.2) is 0 Å². The van der Waals surface area contributed by atoms with Gasteiger partial charge in [-0.05, 0) is 60.6 Å². The van der Waals surface area contributed by atoms with Crippen LogP contribution in [0.4, 0.5) is 0 Å². The highest BCUT2D eigenvalue weighted by Crippen LogP contribution is 2.39. The first-order valence-electron chi connectivity index (χ1n) is 13.5. The average molecular weight is 488 g/mol. The van der Waals surface area contributed by atoms with Crippen molar-refractivity contribution in [2.75, 3.05) is 0 Å². The Hall–Kier alpha value is -2.92. The molecule has 1 amide bonds. The molecule has 1 fully saturated rings. The molecule has 1 aliphatic rings. The number of carbonyl (C=O) groups excluding carboxylic acids is 2. The van der Waals surface area contributed by atoms with Gasteiger partial charge in [0.25, 0.3) is 0 Å². The van der Waals surface area contributed by atoms with E-state index >= 15 is 0 Å². The van der Waals surface area contributed by atoms with Gasteiger partial charge in [0.1, 0.15) is 5.78 Å². The number of nitrogens with two attached hydrogens (primary N) is 1. The predicted molar refractivity (Wildman–Crippen MR) is 146 cm³/mol. The Morgan fingerprint density at radius 3 is 2.53 bits per heavy atom. The van der Waals surface area contributed by atoms with E-state index in [4.69, 9.17) is 5.73 Å². The van der Waals surface area contributed by atoms with Crippen LogP contribution in [0, 0.1) is 23.7 Å². The van der Waals surface area contributed by atoms with Gasteiger partial charge in [0.05, 0.1) is 12.1 Å². The first kappa shape index (κ1) is 26.2. The maximum absolute atomic E-state index is 13.4. The van der Waals surface area contributed by atoms with Crippen LogP contribution in [-0.4, -0.2) is 22.7 Å². The molecule has 0 spiro atoms. The van der Waals surface area contributed by atoms with Crippen LogP contribution < -0.4 is 11.1 Å². The van der Waals surface area contributed by atoms with Crippen molar-refractivity contribution in [2.24, 2.45) is 29.4 Å². The summed E-state index contributed by atoms with van der Waals surface area (Å²) in [4.78, 5) is 29.9. The monoisotopic (exact) mass is 487 g/mol. The molecule has 0 saturated heterocycles. The fourth-order valence-corrected chi connectivity index (χ4v) is 5.96. The number of amides is 1. The zero-order chi connectivity index (χ0) is 25.7. The number of benzene rings is 2. The van der Waals surface area contributed by atoms with Crippen molar-refractivity contribution in [3.05, 3.63) is 71.9 Å². The van der Waals surface area contributed by atoms with Crippen LogP contribution in [0.5, 0.6) is 0 Å². The van der Waals surface area contributed by atoms with Gasteiger partial charge in [-0.3, -0.25) is 9.59 Å². The molecule has 5 heteroatoms. The number of para-hydroxylation sites is 1. The van der Waals surface area contributed by atoms with Gasteiger partial charge in [-0.2, -0.15) is 0 Å². The molecule has 0 bridgehead atoms. The number of rotatable bonds is 10. The van der Waals surface area contributed by atoms with E-state index in [9.17, 15) is 9.59 Å². The number of hydrogen-bond acceptors (Lipinski definition) is 3. The van der Waals surface area contributed by atoms with Crippen LogP contribution >= 0.6 is 0 Å². The summed E-state index contributed by atoms with van der Waals surface area (Å²) in [5.74, 6) is 1.86. The number of aromatic nitrogens is 1. The number of aromatic amines is 1. The quantitative estimate of drug-likeness (QED) is 0.330. The second kappa shape index (κ2) is 11.9. The molecule has 3 aromatic rings. The molecule has 1 aliphatic carbocycles. The highest BCUT2D eigenvalue weighted by Gasteiger charge is 2.35. The fourth-order valence-electron chi connectivity index (χ4n) is 5.96. The van der Waals surface area contributed by atoms with Crippen molar-refractivity contribution in [3.63, 3.8) is 0 Å². The van der Waals surface area contributed by atoms with Gasteiger partial charge in [-0.15, -0.1) is 0 Å². The van der Waals surface area contributed by atoms with Crippen LogP contribution in [0.3, 0.4) is 0 Å². The second-order valence-electron chi connectivity index (χ2n) is 11.1. The molecule has 1 aromatic heterocycles. The zero-order valence-electron chi connectivity index (χ0n) is 21.9. The number of nitrogens with one attached hydrogen (secondary N) is 2. The first-order valence-corrected chi connectivity index (χ1v) is 13.5. The zero-order valence-corrected chi connectivity index (χ0v) is 21.9. The number of fused-ring (bicyclic) bond motifs is 1. The van der Waals surface area contributed by atoms with E-state index in [1.807, 2.05) is 60.8 Å². The normalized spacial score (nSPS) is 21.9. The Balaban J connectivity index is 1.43. The average Bonchev–Trinajstić information content (AvgIpc) is 3.29. The van der Waals surface area contributed by atoms with Gasteiger partial charge in [0.15, 0.2) is 0 Å². The van der Waals surface area contributed by atoms with Crippen molar-refractivity contribution < 1.29 is 9.59 Å². The van der Waals surface area contributed by atoms with Crippen LogP contribution in [-0.2, 0) is 16.0 Å². The fraction of sp³-hybridized carbons (Fsp3) is 0.484. The summed E-state index contributed by atoms with van der Waals surface area (Å²) >= 11 is 0. The highest BCUT2D eigenvalue weighted by atomic mass is 16.2. The van der Waals surface area contributed by atoms with E-state index in [0.717, 1.165) is 34.9 Å². The first-order chi connectivity index (χ1) is 17.3. The largest absolute Gasteiger partial charge is 0.361 e. The Labute approximate surface area is 215 Å². The van der Waals surface area contributed by atoms with Gasteiger partial charge >= 0.3 is 0 Å². The minimum Gasteiger partial charge on any atom is -0.361 e. The molecule has 36 heavy (non-hydrogen) atoms. The minimum atomic E-state index is -0.671. The summed E-state index contributed by atoms with van der Waals surface area (Å²) in [5.41, 5.74) is 9.45. The van der Waals surface area contributed by atoms with Crippen molar-refractivity contribution in [1.29, 1.82) is 0 Å². The molecule has 0 unspecified atom stereocenters. The van der Waals surface area contributed by atoms with Crippen LogP contribution in [0.2, 0.25) is 0 Å². The lowest BCUT2D eigenvalue weighted by Crippen LogP contribution is -2.43. The minimum absolute atomic E-state index is 0.130. The molecule has 192 valence electrons. The Morgan fingerprint density at radius 2 is 1.78 bits per heavy atom. The maximum atomic E-state index is 13.4. The Bertz CT molecular complexity index is 1150. The summed E-state index contributed by atoms with van der Waals surface area (Å²) in [5, 5.41) is 4.26. The second-order valence-corrected chi connectivity index (χ2v) is 11.1. The van der Waals surface area contributed by atoms with Crippen molar-refractivity contribution in [2.45, 2.75) is 71.4 Å². The van der Waals surface area contributed by atoms with E-state index < -0.39 is 6.04 Å². The molecule has 0 radical (unpaired) electrons. The topological polar surface area (TPSA) is 88.0 Å². The van der Waals surface area contributed by atoms with E-state index in [-0.39, 0.29) is 17.9 Å². The standard InChI is InChI=1S/C31H41N3O2/c1-20(2)24-14-13-21(3)17-26(24)30(35)16-15-28(22-9-5-4-6-10-22)34-31(36)27(32)18-23-19-33-29-12-8-7-11-25(23)29/h4-12,19-21,24,26-28,33H,13-18,32H2,1-3H3,(H,34,36)/t21-,24+,26-,27+,28-/m1/s1. The van der Waals surface area contributed by atoms with E-state index in [1.54, 1.807) is 0 Å². The molecule has 5 atom stereocenters. The maximum Gasteiger partial charge on any atom is 0.237 e. The smallest absolute Gasteiger partial charge is 0.237 e. The molecule has 4 N–H and O–H groups in total. The summed E-state index contributed by atoms with van der Waals surface area (Å²) in [6, 6.07) is 17.1. The summed E-state index contributed by atoms with van der Waals surface area (Å²) in [7, 11) is 0. The molecule has 1 saturated carbocycles. The Kier molecular flexibility index (Phi) is 8.63. The number of carbonyl (C=O) groups is 2. The van der Waals surface area contributed by atoms with Crippen LogP contribution in [0.1, 0.15) is 70.0 Å². The van der Waals surface area contributed by atoms with Crippen molar-refractivity contribution >= 4 is 22.6 Å². The van der Waals surface area contributed by atoms with Gasteiger partial charge < -0.3 is 16.0 Å². The van der Waals surface area contributed by atoms with E-state index in [2.05, 4.69) is 31.1 Å². The number of H-pyrrole nitrogens is 1. The molecule has 5 nitrogen and oxygen atoms in total. The summed E-state index contributed by atoms with van der Waals surface area (Å²) < 4.78 is 0. The molecule has 0 aliphatic heterocycles. The van der Waals surface area contributed by atoms with Crippen molar-refractivity contribution in [3.8, 4) is 0 Å². The van der Waals surface area contributed by atoms with E-state index in [0.29, 0.717) is 42.8 Å². The molecule has 4 rings (SSSR count). The van der Waals surface area contributed by atoms with Crippen LogP contribution in [0.15, 0.2) is 60.8 Å². The lowest BCUT2D eigenvalue weighted by molar-refractivity contribution is -0.128. The third-order valence-corrected chi connectivity index (χ3v) is 8.09. The van der Waals surface area contributed by atoms with Gasteiger partial charge in [0.2, 0.25) is 5.91 Å². The van der Waals surface area contributed by atoms with Crippen molar-refractivity contribution in [1.82, 2.24) is 10.3 Å². The molecular weight excluding hydrogens is 446 g/mol. The highest BCUT2D eigenvalue weighted by molar-refractivity contribution is 5.86. The van der Waals surface area contributed by atoms with Gasteiger partial charge in [-0.1, -0.05) is 75.7 Å². The lowest BCUT2D eigenvalue weighted by Gasteiger charge is -2.36. The summed E-state index contributed by atoms with van der Waals surface area (Å²) in [6.45, 7) is 6.74. The van der Waals surface area contributed by atoms with Gasteiger partial charge in [0, 0.05) is 29.4 Å². The number of Topliss-reactive ketones (excluding diaryl/α,β-unsaturated/α-hetero) is 1. The molecule has 2 aromatic carbocycles. The molecule has 1 heterocycles. The molecular formula is C31H41N3O2. The SMILES string of the molecule is CC(C)[C@@H]1CC[C@@H](C)C[C@H]1C(=O)CC[C@@H](NC(=O)[C@@H](N)Cc1c[nH]c2ccccc12)c1ccccc1. The van der Waals surface area contributed by atoms with E-state index in [1.165, 1.54) is 6.42 Å².